The van der Waals surface area contributed by atoms with Gasteiger partial charge in [0.2, 0.25) is 0 Å². The molecule has 0 aliphatic carbocycles. The molecule has 3 aromatic heterocycles. The van der Waals surface area contributed by atoms with Crippen molar-refractivity contribution < 1.29 is 9.90 Å². The number of fused-ring (bicyclic) bond motifs is 3. The fourth-order valence-electron chi connectivity index (χ4n) is 1.69. The number of hydrogen-bond acceptors (Lipinski definition) is 5. The van der Waals surface area contributed by atoms with E-state index in [1.807, 2.05) is 0 Å². The van der Waals surface area contributed by atoms with Gasteiger partial charge < -0.3 is 10.8 Å². The van der Waals surface area contributed by atoms with E-state index < -0.39 is 5.97 Å². The van der Waals surface area contributed by atoms with E-state index in [-0.39, 0.29) is 11.4 Å². The molecular formula is C10H7N5O2. The Labute approximate surface area is 94.5 Å². The lowest BCUT2D eigenvalue weighted by Gasteiger charge is -1.98. The molecule has 0 aromatic carbocycles. The van der Waals surface area contributed by atoms with Crippen LogP contribution in [0.3, 0.4) is 0 Å². The molecule has 3 heterocycles. The predicted octanol–water partition coefficient (Wildman–Crippen LogP) is 0.558. The zero-order valence-corrected chi connectivity index (χ0v) is 8.53. The van der Waals surface area contributed by atoms with Gasteiger partial charge in [0.15, 0.2) is 11.3 Å². The number of carboxylic acids is 1. The molecule has 3 aromatic rings. The smallest absolute Gasteiger partial charge is 0.358 e. The summed E-state index contributed by atoms with van der Waals surface area (Å²) in [6.07, 6.45) is 4.82. The zero-order chi connectivity index (χ0) is 12.0. The average Bonchev–Trinajstić information content (AvgIpc) is 2.67. The second-order valence-corrected chi connectivity index (χ2v) is 3.50. The highest BCUT2D eigenvalue weighted by Crippen LogP contribution is 2.20. The van der Waals surface area contributed by atoms with Gasteiger partial charge in [0.1, 0.15) is 5.69 Å². The Morgan fingerprint density at radius 1 is 1.41 bits per heavy atom. The van der Waals surface area contributed by atoms with E-state index >= 15 is 0 Å². The number of carboxylic acid groups (broad SMARTS) is 1. The molecule has 3 N–H and O–H groups in total. The molecule has 0 radical (unpaired) electrons. The van der Waals surface area contributed by atoms with Crippen molar-refractivity contribution >= 4 is 28.2 Å². The molecule has 0 fully saturated rings. The molecule has 0 aliphatic rings. The lowest BCUT2D eigenvalue weighted by Crippen LogP contribution is -2.01. The maximum absolute atomic E-state index is 10.9. The van der Waals surface area contributed by atoms with Crippen LogP contribution in [-0.2, 0) is 0 Å². The van der Waals surface area contributed by atoms with E-state index in [1.165, 1.54) is 4.52 Å². The molecular weight excluding hydrogens is 222 g/mol. The third-order valence-corrected chi connectivity index (χ3v) is 2.49. The molecule has 0 saturated heterocycles. The Hall–Kier alpha value is -2.70. The Bertz CT molecular complexity index is 749. The van der Waals surface area contributed by atoms with Crippen molar-refractivity contribution in [1.29, 1.82) is 0 Å². The van der Waals surface area contributed by atoms with Gasteiger partial charge in [-0.1, -0.05) is 0 Å². The first-order chi connectivity index (χ1) is 8.18. The maximum atomic E-state index is 10.9. The summed E-state index contributed by atoms with van der Waals surface area (Å²) in [6, 6.07) is 1.76. The number of nitrogen functional groups attached to an aromatic ring is 1. The number of aromatic nitrogens is 4. The van der Waals surface area contributed by atoms with Crippen LogP contribution in [0.4, 0.5) is 5.69 Å². The van der Waals surface area contributed by atoms with Crippen LogP contribution in [0.2, 0.25) is 0 Å². The summed E-state index contributed by atoms with van der Waals surface area (Å²) in [5.41, 5.74) is 6.53. The van der Waals surface area contributed by atoms with Crippen LogP contribution in [0.1, 0.15) is 10.5 Å². The molecule has 0 unspecified atom stereocenters. The van der Waals surface area contributed by atoms with Gasteiger partial charge in [-0.15, -0.1) is 0 Å². The quantitative estimate of drug-likeness (QED) is 0.631. The average molecular weight is 229 g/mol. The van der Waals surface area contributed by atoms with Crippen LogP contribution < -0.4 is 5.73 Å². The third-order valence-electron chi connectivity index (χ3n) is 2.49. The number of nitrogens with two attached hydrogens (primary N) is 1. The van der Waals surface area contributed by atoms with Crippen LogP contribution in [0.25, 0.3) is 16.6 Å². The standard InChI is InChI=1S/C10H7N5O2/c11-7-8(10(16)17)14-15-6-4-12-2-1-5(6)3-13-9(7)15/h1-4H,11H2,(H,16,17). The van der Waals surface area contributed by atoms with E-state index in [2.05, 4.69) is 15.1 Å². The highest BCUT2D eigenvalue weighted by molar-refractivity contribution is 5.96. The number of hydrogen-bond donors (Lipinski definition) is 2. The topological polar surface area (TPSA) is 106 Å². The van der Waals surface area contributed by atoms with Gasteiger partial charge in [-0.2, -0.15) is 5.10 Å². The number of carbonyl (C=O) groups is 1. The molecule has 17 heavy (non-hydrogen) atoms. The van der Waals surface area contributed by atoms with Crippen LogP contribution in [0.15, 0.2) is 24.7 Å². The molecule has 0 atom stereocenters. The summed E-state index contributed by atoms with van der Waals surface area (Å²) in [5, 5.41) is 13.7. The fraction of sp³-hybridized carbons (Fsp3) is 0. The minimum absolute atomic E-state index is 0.0586. The second-order valence-electron chi connectivity index (χ2n) is 3.50. The van der Waals surface area contributed by atoms with Gasteiger partial charge >= 0.3 is 5.97 Å². The normalized spacial score (nSPS) is 11.1. The number of aromatic carboxylic acids is 1. The number of pyridine rings is 1. The highest BCUT2D eigenvalue weighted by Gasteiger charge is 2.18. The lowest BCUT2D eigenvalue weighted by molar-refractivity contribution is 0.0691. The van der Waals surface area contributed by atoms with Gasteiger partial charge in [0.25, 0.3) is 0 Å². The first kappa shape index (κ1) is 9.52. The SMILES string of the molecule is Nc1c(C(=O)O)nn2c1ncc1ccncc12. The van der Waals surface area contributed by atoms with Crippen molar-refractivity contribution in [1.82, 2.24) is 19.6 Å². The van der Waals surface area contributed by atoms with Crippen molar-refractivity contribution in [2.75, 3.05) is 5.73 Å². The summed E-state index contributed by atoms with van der Waals surface area (Å²) in [6.45, 7) is 0. The molecule has 84 valence electrons. The van der Waals surface area contributed by atoms with Crippen molar-refractivity contribution in [2.24, 2.45) is 0 Å². The Balaban J connectivity index is 2.51. The molecule has 0 bridgehead atoms. The lowest BCUT2D eigenvalue weighted by atomic mass is 10.3. The van der Waals surface area contributed by atoms with Crippen LogP contribution in [0, 0.1) is 0 Å². The fourth-order valence-corrected chi connectivity index (χ4v) is 1.69. The summed E-state index contributed by atoms with van der Waals surface area (Å²) in [4.78, 5) is 19.0. The Kier molecular flexibility index (Phi) is 1.76. The van der Waals surface area contributed by atoms with Crippen molar-refractivity contribution in [3.05, 3.63) is 30.4 Å². The number of nitrogens with zero attached hydrogens (tertiary/aromatic N) is 4. The van der Waals surface area contributed by atoms with E-state index in [9.17, 15) is 4.79 Å². The zero-order valence-electron chi connectivity index (χ0n) is 8.53. The van der Waals surface area contributed by atoms with Crippen LogP contribution >= 0.6 is 0 Å². The minimum atomic E-state index is -1.18. The molecule has 3 rings (SSSR count). The predicted molar refractivity (Wildman–Crippen MR) is 59.7 cm³/mol. The molecule has 0 amide bonds. The van der Waals surface area contributed by atoms with Gasteiger partial charge in [-0.05, 0) is 6.07 Å². The van der Waals surface area contributed by atoms with Crippen molar-refractivity contribution in [2.45, 2.75) is 0 Å². The van der Waals surface area contributed by atoms with Gasteiger partial charge in [0.05, 0.1) is 11.7 Å². The summed E-state index contributed by atoms with van der Waals surface area (Å²) in [5.74, 6) is -1.18. The monoisotopic (exact) mass is 229 g/mol. The van der Waals surface area contributed by atoms with Gasteiger partial charge in [-0.25, -0.2) is 14.3 Å². The largest absolute Gasteiger partial charge is 0.476 e. The van der Waals surface area contributed by atoms with Crippen LogP contribution in [0.5, 0.6) is 0 Å². The third kappa shape index (κ3) is 1.22. The van der Waals surface area contributed by atoms with Gasteiger partial charge in [-0.3, -0.25) is 4.98 Å². The maximum Gasteiger partial charge on any atom is 0.358 e. The van der Waals surface area contributed by atoms with Crippen molar-refractivity contribution in [3.63, 3.8) is 0 Å². The van der Waals surface area contributed by atoms with E-state index in [1.54, 1.807) is 24.7 Å². The molecule has 7 heteroatoms. The number of anilines is 1. The first-order valence-electron chi connectivity index (χ1n) is 4.78. The summed E-state index contributed by atoms with van der Waals surface area (Å²) >= 11 is 0. The first-order valence-corrected chi connectivity index (χ1v) is 4.78. The molecule has 0 spiro atoms. The van der Waals surface area contributed by atoms with Gasteiger partial charge in [0, 0.05) is 17.8 Å². The summed E-state index contributed by atoms with van der Waals surface area (Å²) < 4.78 is 1.39. The molecule has 0 aliphatic heterocycles. The number of rotatable bonds is 1. The Morgan fingerprint density at radius 2 is 2.24 bits per heavy atom. The minimum Gasteiger partial charge on any atom is -0.476 e. The van der Waals surface area contributed by atoms with E-state index in [4.69, 9.17) is 10.8 Å². The molecule has 0 saturated carbocycles. The van der Waals surface area contributed by atoms with Crippen LogP contribution in [-0.4, -0.2) is 30.7 Å². The Morgan fingerprint density at radius 3 is 3.00 bits per heavy atom. The van der Waals surface area contributed by atoms with E-state index in [0.29, 0.717) is 11.2 Å². The summed E-state index contributed by atoms with van der Waals surface area (Å²) in [7, 11) is 0. The molecule has 7 nitrogen and oxygen atoms in total. The highest BCUT2D eigenvalue weighted by atomic mass is 16.4. The second kappa shape index (κ2) is 3.14. The van der Waals surface area contributed by atoms with Crippen molar-refractivity contribution in [3.8, 4) is 0 Å². The van der Waals surface area contributed by atoms with E-state index in [0.717, 1.165) is 5.39 Å².